The summed E-state index contributed by atoms with van der Waals surface area (Å²) in [4.78, 5) is 24.3. The van der Waals surface area contributed by atoms with Crippen LogP contribution in [0, 0.1) is 46.1 Å². The summed E-state index contributed by atoms with van der Waals surface area (Å²) in [7, 11) is -7.46. The van der Waals surface area contributed by atoms with Crippen molar-refractivity contribution in [3.8, 4) is 12.1 Å². The van der Waals surface area contributed by atoms with E-state index in [0.717, 1.165) is 36.4 Å². The van der Waals surface area contributed by atoms with E-state index in [0.29, 0.717) is 51.4 Å². The van der Waals surface area contributed by atoms with E-state index in [4.69, 9.17) is 33.7 Å². The number of benzene rings is 2. The van der Waals surface area contributed by atoms with Crippen molar-refractivity contribution in [3.05, 3.63) is 58.1 Å². The van der Waals surface area contributed by atoms with Crippen molar-refractivity contribution >= 4 is 54.7 Å². The number of carbonyl (C=O) groups excluding carboxylic acids is 2. The lowest BCUT2D eigenvalue weighted by molar-refractivity contribution is -0.126. The highest BCUT2D eigenvalue weighted by Gasteiger charge is 2.48. The number of hydrogen-bond acceptors (Lipinski definition) is 8. The Hall–Kier alpha value is -3.30. The predicted octanol–water partition coefficient (Wildman–Crippen LogP) is 5.19. The molecule has 0 aromatic heterocycles. The Bertz CT molecular complexity index is 1800. The van der Waals surface area contributed by atoms with Gasteiger partial charge < -0.3 is 10.6 Å². The van der Waals surface area contributed by atoms with Crippen LogP contribution in [0.5, 0.6) is 0 Å². The van der Waals surface area contributed by atoms with Gasteiger partial charge in [-0.1, -0.05) is 23.2 Å². The second-order valence-electron chi connectivity index (χ2n) is 12.9. The van der Waals surface area contributed by atoms with Gasteiger partial charge in [0, 0.05) is 11.8 Å². The summed E-state index contributed by atoms with van der Waals surface area (Å²) < 4.78 is 77.0. The molecule has 2 aromatic carbocycles. The Morgan fingerprint density at radius 3 is 1.33 bits per heavy atom. The first-order valence-electron chi connectivity index (χ1n) is 15.4. The highest BCUT2D eigenvalue weighted by molar-refractivity contribution is 7.92. The molecule has 4 aliphatic carbocycles. The van der Waals surface area contributed by atoms with Gasteiger partial charge in [-0.3, -0.25) is 9.59 Å². The Labute approximate surface area is 287 Å². The molecule has 0 bridgehead atoms. The minimum Gasteiger partial charge on any atom is -0.338 e. The van der Waals surface area contributed by atoms with Gasteiger partial charge in [0.05, 0.1) is 42.5 Å². The van der Waals surface area contributed by atoms with Crippen molar-refractivity contribution in [1.29, 1.82) is 10.5 Å². The zero-order valence-electron chi connectivity index (χ0n) is 25.5. The molecule has 0 unspecified atom stereocenters. The van der Waals surface area contributed by atoms with E-state index in [1.54, 1.807) is 0 Å². The van der Waals surface area contributed by atoms with Gasteiger partial charge in [-0.05, 0) is 101 Å². The SMILES string of the molecule is N#CC1(NC(=O)[C@@H]2CC[C@@H](S(=O)(=O)c3ccc(F)cc3Cl)C2)CC1.N#CC1(NC(=O)[C@H]2CC[C@H](S(=O)(=O)c3ccc(F)cc3Cl)C2)CC1. The van der Waals surface area contributed by atoms with Crippen LogP contribution in [0.1, 0.15) is 64.2 Å². The maximum atomic E-state index is 13.1. The molecular formula is C32H32Cl2F2N4O6S2. The van der Waals surface area contributed by atoms with Gasteiger partial charge in [0.25, 0.3) is 0 Å². The summed E-state index contributed by atoms with van der Waals surface area (Å²) in [5, 5.41) is 21.7. The summed E-state index contributed by atoms with van der Waals surface area (Å²) >= 11 is 11.7. The van der Waals surface area contributed by atoms with Crippen LogP contribution in [-0.4, -0.2) is 50.2 Å². The number of sulfone groups is 2. The van der Waals surface area contributed by atoms with Crippen molar-refractivity contribution in [1.82, 2.24) is 10.6 Å². The number of rotatable bonds is 8. The van der Waals surface area contributed by atoms with Gasteiger partial charge in [-0.2, -0.15) is 10.5 Å². The van der Waals surface area contributed by atoms with Gasteiger partial charge in [0.1, 0.15) is 22.7 Å². The number of nitriles is 2. The summed E-state index contributed by atoms with van der Waals surface area (Å²) in [6.45, 7) is 0. The Morgan fingerprint density at radius 1 is 0.688 bits per heavy atom. The van der Waals surface area contributed by atoms with E-state index in [2.05, 4.69) is 22.8 Å². The molecule has 0 saturated heterocycles. The first-order valence-corrected chi connectivity index (χ1v) is 19.2. The highest BCUT2D eigenvalue weighted by atomic mass is 35.5. The first-order chi connectivity index (χ1) is 22.5. The Kier molecular flexibility index (Phi) is 10.2. The maximum absolute atomic E-state index is 13.1. The molecule has 4 atom stereocenters. The lowest BCUT2D eigenvalue weighted by atomic mass is 10.1. The third-order valence-corrected chi connectivity index (χ3v) is 14.8. The van der Waals surface area contributed by atoms with E-state index < -0.39 is 64.7 Å². The van der Waals surface area contributed by atoms with Crippen molar-refractivity contribution in [2.75, 3.05) is 0 Å². The Morgan fingerprint density at radius 2 is 1.04 bits per heavy atom. The molecule has 10 nitrogen and oxygen atoms in total. The molecule has 0 heterocycles. The number of carbonyl (C=O) groups is 2. The van der Waals surface area contributed by atoms with E-state index in [1.165, 1.54) is 0 Å². The summed E-state index contributed by atoms with van der Waals surface area (Å²) in [6, 6.07) is 10.5. The Balaban J connectivity index is 0.000000188. The molecular weight excluding hydrogens is 709 g/mol. The van der Waals surface area contributed by atoms with Crippen LogP contribution >= 0.6 is 23.2 Å². The molecule has 0 aliphatic heterocycles. The number of nitrogens with zero attached hydrogens (tertiary/aromatic N) is 2. The zero-order chi connectivity index (χ0) is 35.1. The molecule has 48 heavy (non-hydrogen) atoms. The highest BCUT2D eigenvalue weighted by Crippen LogP contribution is 2.40. The summed E-state index contributed by atoms with van der Waals surface area (Å²) in [6.07, 6.45) is 4.47. The minimum absolute atomic E-state index is 0.104. The van der Waals surface area contributed by atoms with Crippen LogP contribution in [0.2, 0.25) is 10.0 Å². The molecule has 4 saturated carbocycles. The van der Waals surface area contributed by atoms with E-state index in [9.17, 15) is 35.2 Å². The second-order valence-corrected chi connectivity index (χ2v) is 18.1. The third-order valence-electron chi connectivity index (χ3n) is 9.44. The molecule has 6 rings (SSSR count). The molecule has 2 amide bonds. The van der Waals surface area contributed by atoms with Crippen LogP contribution < -0.4 is 10.6 Å². The topological polar surface area (TPSA) is 174 Å². The molecule has 0 radical (unpaired) electrons. The maximum Gasteiger partial charge on any atom is 0.224 e. The van der Waals surface area contributed by atoms with Crippen molar-refractivity contribution < 1.29 is 35.2 Å². The summed E-state index contributed by atoms with van der Waals surface area (Å²) in [5.41, 5.74) is -1.51. The van der Waals surface area contributed by atoms with Crippen LogP contribution in [0.25, 0.3) is 0 Å². The molecule has 16 heteroatoms. The average molecular weight is 742 g/mol. The molecule has 2 aromatic rings. The van der Waals surface area contributed by atoms with Crippen molar-refractivity contribution in [2.45, 2.75) is 95.6 Å². The molecule has 4 fully saturated rings. The molecule has 0 spiro atoms. The van der Waals surface area contributed by atoms with E-state index in [1.807, 2.05) is 0 Å². The zero-order valence-corrected chi connectivity index (χ0v) is 28.7. The normalized spacial score (nSPS) is 25.0. The van der Waals surface area contributed by atoms with Gasteiger partial charge in [0.2, 0.25) is 11.8 Å². The van der Waals surface area contributed by atoms with Gasteiger partial charge in [0.15, 0.2) is 19.7 Å². The van der Waals surface area contributed by atoms with Crippen LogP contribution in [-0.2, 0) is 29.3 Å². The number of halogens is 4. The van der Waals surface area contributed by atoms with Crippen LogP contribution in [0.4, 0.5) is 8.78 Å². The van der Waals surface area contributed by atoms with Crippen LogP contribution in [0.15, 0.2) is 46.2 Å². The molecule has 4 aliphatic rings. The van der Waals surface area contributed by atoms with E-state index >= 15 is 0 Å². The second kappa shape index (κ2) is 13.5. The number of nitrogens with one attached hydrogen (secondary N) is 2. The molecule has 256 valence electrons. The first kappa shape index (κ1) is 36.0. The standard InChI is InChI=1S/2C16H16ClFN2O3S/c2*17-13-8-11(18)2-4-14(13)24(22,23)12-3-1-10(7-12)15(21)20-16(9-19)5-6-16/h2*2,4,8,10,12H,1,3,5-7H2,(H,20,21)/t2*10-,12-/m10/s1. The fraction of sp³-hybridized carbons (Fsp3) is 0.500. The van der Waals surface area contributed by atoms with Crippen molar-refractivity contribution in [2.24, 2.45) is 11.8 Å². The quantitative estimate of drug-likeness (QED) is 0.348. The van der Waals surface area contributed by atoms with Gasteiger partial charge in [-0.25, -0.2) is 25.6 Å². The lowest BCUT2D eigenvalue weighted by Crippen LogP contribution is -2.39. The fourth-order valence-electron chi connectivity index (χ4n) is 6.15. The minimum atomic E-state index is -3.73. The lowest BCUT2D eigenvalue weighted by Gasteiger charge is -2.15. The largest absolute Gasteiger partial charge is 0.338 e. The monoisotopic (exact) mass is 740 g/mol. The smallest absolute Gasteiger partial charge is 0.224 e. The number of amides is 2. The van der Waals surface area contributed by atoms with Crippen LogP contribution in [0.3, 0.4) is 0 Å². The average Bonchev–Trinajstić information content (AvgIpc) is 3.83. The third kappa shape index (κ3) is 7.62. The number of hydrogen-bond donors (Lipinski definition) is 2. The van der Waals surface area contributed by atoms with E-state index in [-0.39, 0.29) is 44.5 Å². The summed E-state index contributed by atoms with van der Waals surface area (Å²) in [5.74, 6) is -2.61. The predicted molar refractivity (Wildman–Crippen MR) is 171 cm³/mol. The molecule has 2 N–H and O–H groups in total. The van der Waals surface area contributed by atoms with Crippen molar-refractivity contribution in [3.63, 3.8) is 0 Å². The van der Waals surface area contributed by atoms with Gasteiger partial charge >= 0.3 is 0 Å². The fourth-order valence-corrected chi connectivity index (χ4v) is 10.9. The van der Waals surface area contributed by atoms with Gasteiger partial charge in [-0.15, -0.1) is 0 Å².